The molecule has 0 bridgehead atoms. The number of hydrogen-bond acceptors (Lipinski definition) is 4. The molecule has 25 heavy (non-hydrogen) atoms. The molecule has 2 N–H and O–H groups in total. The second-order valence-corrected chi connectivity index (χ2v) is 9.03. The topological polar surface area (TPSA) is 79.8 Å². The molecule has 0 aromatic heterocycles. The molecule has 1 aromatic rings. The Hall–Kier alpha value is -1.76. The van der Waals surface area contributed by atoms with Crippen molar-refractivity contribution in [3.05, 3.63) is 29.3 Å². The largest absolute Gasteiger partial charge is 0.494 e. The molecule has 0 radical (unpaired) electrons. The molecular weight excluding hydrogens is 338 g/mol. The Morgan fingerprint density at radius 3 is 2.60 bits per heavy atom. The van der Waals surface area contributed by atoms with Crippen molar-refractivity contribution in [1.82, 2.24) is 10.6 Å². The van der Waals surface area contributed by atoms with Gasteiger partial charge in [-0.25, -0.2) is 8.42 Å². The zero-order valence-corrected chi connectivity index (χ0v) is 16.4. The van der Waals surface area contributed by atoms with E-state index in [0.29, 0.717) is 25.7 Å². The van der Waals surface area contributed by atoms with Crippen LogP contribution in [0.1, 0.15) is 30.9 Å². The summed E-state index contributed by atoms with van der Waals surface area (Å²) >= 11 is 0. The van der Waals surface area contributed by atoms with E-state index < -0.39 is 9.84 Å². The maximum absolute atomic E-state index is 11.6. The molecule has 0 aliphatic heterocycles. The van der Waals surface area contributed by atoms with Crippen molar-refractivity contribution in [2.45, 2.75) is 33.2 Å². The fourth-order valence-corrected chi connectivity index (χ4v) is 4.38. The van der Waals surface area contributed by atoms with Crippen molar-refractivity contribution < 1.29 is 13.2 Å². The summed E-state index contributed by atoms with van der Waals surface area (Å²) in [6.07, 6.45) is 3.18. The van der Waals surface area contributed by atoms with E-state index in [2.05, 4.69) is 21.7 Å². The highest BCUT2D eigenvalue weighted by atomic mass is 32.2. The third-order valence-electron chi connectivity index (χ3n) is 4.35. The van der Waals surface area contributed by atoms with Gasteiger partial charge in [-0.1, -0.05) is 12.1 Å². The van der Waals surface area contributed by atoms with Gasteiger partial charge in [0.1, 0.15) is 15.6 Å². The maximum atomic E-state index is 11.6. The molecule has 1 fully saturated rings. The number of hydrogen-bond donors (Lipinski definition) is 2. The summed E-state index contributed by atoms with van der Waals surface area (Å²) < 4.78 is 28.8. The SMILES string of the molecule is CCOc1cc(C)ccc1CNC(=NC)NCC1(CS(C)(=O)=O)CC1. The van der Waals surface area contributed by atoms with Crippen LogP contribution in [0.15, 0.2) is 23.2 Å². The van der Waals surface area contributed by atoms with Crippen molar-refractivity contribution >= 4 is 15.8 Å². The average Bonchev–Trinajstić information content (AvgIpc) is 3.27. The van der Waals surface area contributed by atoms with E-state index in [1.54, 1.807) is 7.05 Å². The quantitative estimate of drug-likeness (QED) is 0.542. The van der Waals surface area contributed by atoms with Crippen molar-refractivity contribution in [2.24, 2.45) is 10.4 Å². The summed E-state index contributed by atoms with van der Waals surface area (Å²) in [5, 5.41) is 6.54. The number of nitrogens with one attached hydrogen (secondary N) is 2. The molecule has 1 aliphatic rings. The van der Waals surface area contributed by atoms with Gasteiger partial charge in [-0.2, -0.15) is 0 Å². The molecule has 2 rings (SSSR count). The average molecular weight is 368 g/mol. The van der Waals surface area contributed by atoms with Crippen molar-refractivity contribution in [2.75, 3.05) is 32.2 Å². The lowest BCUT2D eigenvalue weighted by molar-refractivity contribution is 0.336. The smallest absolute Gasteiger partial charge is 0.191 e. The van der Waals surface area contributed by atoms with Crippen LogP contribution in [-0.2, 0) is 16.4 Å². The van der Waals surface area contributed by atoms with Gasteiger partial charge in [0.15, 0.2) is 5.96 Å². The minimum atomic E-state index is -2.96. The zero-order chi connectivity index (χ0) is 18.5. The predicted octanol–water partition coefficient (Wildman–Crippen LogP) is 1.88. The molecule has 0 unspecified atom stereocenters. The molecule has 140 valence electrons. The number of aryl methyl sites for hydroxylation is 1. The van der Waals surface area contributed by atoms with Gasteiger partial charge >= 0.3 is 0 Å². The lowest BCUT2D eigenvalue weighted by Gasteiger charge is -2.18. The summed E-state index contributed by atoms with van der Waals surface area (Å²) in [5.41, 5.74) is 2.09. The third kappa shape index (κ3) is 6.23. The number of sulfone groups is 1. The maximum Gasteiger partial charge on any atom is 0.191 e. The zero-order valence-electron chi connectivity index (χ0n) is 15.6. The Bertz CT molecular complexity index is 725. The van der Waals surface area contributed by atoms with Gasteiger partial charge in [0.05, 0.1) is 12.4 Å². The fraction of sp³-hybridized carbons (Fsp3) is 0.611. The van der Waals surface area contributed by atoms with E-state index in [9.17, 15) is 8.42 Å². The molecule has 0 amide bonds. The van der Waals surface area contributed by atoms with E-state index in [0.717, 1.165) is 29.7 Å². The van der Waals surface area contributed by atoms with E-state index in [1.165, 1.54) is 6.26 Å². The number of ether oxygens (including phenoxy) is 1. The normalized spacial score (nSPS) is 16.4. The van der Waals surface area contributed by atoms with E-state index >= 15 is 0 Å². The Balaban J connectivity index is 1.91. The Labute approximate surface area is 151 Å². The van der Waals surface area contributed by atoms with Crippen molar-refractivity contribution in [1.29, 1.82) is 0 Å². The third-order valence-corrected chi connectivity index (χ3v) is 5.49. The molecule has 6 nitrogen and oxygen atoms in total. The lowest BCUT2D eigenvalue weighted by Crippen LogP contribution is -2.41. The van der Waals surface area contributed by atoms with Crippen LogP contribution in [0.3, 0.4) is 0 Å². The Kier molecular flexibility index (Phi) is 6.32. The number of benzene rings is 1. The van der Waals surface area contributed by atoms with Gasteiger partial charge in [-0.3, -0.25) is 4.99 Å². The van der Waals surface area contributed by atoms with Crippen LogP contribution in [0.5, 0.6) is 5.75 Å². The first-order valence-electron chi connectivity index (χ1n) is 8.61. The monoisotopic (exact) mass is 367 g/mol. The molecule has 0 saturated heterocycles. The van der Waals surface area contributed by atoms with Gasteiger partial charge in [0.25, 0.3) is 0 Å². The second kappa shape index (κ2) is 8.08. The number of aliphatic imine (C=N–C) groups is 1. The van der Waals surface area contributed by atoms with Crippen LogP contribution >= 0.6 is 0 Å². The van der Waals surface area contributed by atoms with Crippen LogP contribution in [0, 0.1) is 12.3 Å². The van der Waals surface area contributed by atoms with Gasteiger partial charge in [-0.15, -0.1) is 0 Å². The highest BCUT2D eigenvalue weighted by Crippen LogP contribution is 2.45. The van der Waals surface area contributed by atoms with Crippen molar-refractivity contribution in [3.63, 3.8) is 0 Å². The molecule has 7 heteroatoms. The number of nitrogens with zero attached hydrogens (tertiary/aromatic N) is 1. The standard InChI is InChI=1S/C18H29N3O3S/c1-5-24-16-10-14(2)6-7-15(16)11-20-17(19-3)21-12-18(8-9-18)13-25(4,22)23/h6-7,10H,5,8-9,11-13H2,1-4H3,(H2,19,20,21). The fourth-order valence-electron chi connectivity index (χ4n) is 2.87. The molecule has 1 aliphatic carbocycles. The summed E-state index contributed by atoms with van der Waals surface area (Å²) in [6, 6.07) is 6.13. The van der Waals surface area contributed by atoms with Crippen LogP contribution in [0.2, 0.25) is 0 Å². The van der Waals surface area contributed by atoms with Gasteiger partial charge in [0.2, 0.25) is 0 Å². The van der Waals surface area contributed by atoms with E-state index in [4.69, 9.17) is 4.74 Å². The highest BCUT2D eigenvalue weighted by Gasteiger charge is 2.45. The summed E-state index contributed by atoms with van der Waals surface area (Å²) in [7, 11) is -1.25. The minimum Gasteiger partial charge on any atom is -0.494 e. The minimum absolute atomic E-state index is 0.133. The van der Waals surface area contributed by atoms with Crippen LogP contribution in [0.25, 0.3) is 0 Å². The number of guanidine groups is 1. The van der Waals surface area contributed by atoms with Crippen LogP contribution in [0.4, 0.5) is 0 Å². The van der Waals surface area contributed by atoms with Gasteiger partial charge in [0, 0.05) is 37.4 Å². The summed E-state index contributed by atoms with van der Waals surface area (Å²) in [4.78, 5) is 4.23. The first kappa shape index (κ1) is 19.6. The second-order valence-electron chi connectivity index (χ2n) is 6.89. The first-order chi connectivity index (χ1) is 11.8. The molecule has 0 atom stereocenters. The first-order valence-corrected chi connectivity index (χ1v) is 10.7. The number of rotatable bonds is 8. The van der Waals surface area contributed by atoms with Gasteiger partial charge < -0.3 is 15.4 Å². The summed E-state index contributed by atoms with van der Waals surface area (Å²) in [6.45, 7) is 5.84. The van der Waals surface area contributed by atoms with E-state index in [-0.39, 0.29) is 11.2 Å². The Morgan fingerprint density at radius 2 is 2.04 bits per heavy atom. The Morgan fingerprint density at radius 1 is 1.32 bits per heavy atom. The van der Waals surface area contributed by atoms with Crippen LogP contribution < -0.4 is 15.4 Å². The molecule has 1 aromatic carbocycles. The molecule has 0 spiro atoms. The molecular formula is C18H29N3O3S. The van der Waals surface area contributed by atoms with Crippen LogP contribution in [-0.4, -0.2) is 46.6 Å². The molecule has 0 heterocycles. The van der Waals surface area contributed by atoms with E-state index in [1.807, 2.05) is 26.0 Å². The molecule has 1 saturated carbocycles. The van der Waals surface area contributed by atoms with Gasteiger partial charge in [-0.05, 0) is 38.3 Å². The predicted molar refractivity (Wildman–Crippen MR) is 102 cm³/mol. The van der Waals surface area contributed by atoms with Crippen molar-refractivity contribution in [3.8, 4) is 5.75 Å². The lowest BCUT2D eigenvalue weighted by atomic mass is 10.1. The highest BCUT2D eigenvalue weighted by molar-refractivity contribution is 7.90. The summed E-state index contributed by atoms with van der Waals surface area (Å²) in [5.74, 6) is 1.78.